The summed E-state index contributed by atoms with van der Waals surface area (Å²) in [6.07, 6.45) is -5.37. The number of halogens is 2. The van der Waals surface area contributed by atoms with Crippen LogP contribution >= 0.6 is 0 Å². The number of ether oxygens (including phenoxy) is 3. The van der Waals surface area contributed by atoms with Crippen LogP contribution in [0.15, 0.2) is 29.2 Å². The van der Waals surface area contributed by atoms with E-state index in [1.807, 2.05) is 0 Å². The van der Waals surface area contributed by atoms with Crippen molar-refractivity contribution in [2.45, 2.75) is 24.4 Å². The van der Waals surface area contributed by atoms with Gasteiger partial charge in [-0.15, -0.1) is 0 Å². The molecule has 15 heteroatoms. The molecule has 1 saturated heterocycles. The molecule has 2 aromatic rings. The topological polar surface area (TPSA) is 175 Å². The molecule has 0 spiro atoms. The third-order valence-corrected chi connectivity index (χ3v) is 4.82. The molecule has 4 rings (SSSR count). The number of nitrogens with one attached hydrogen (secondary N) is 1. The number of aromatic nitrogens is 2. The van der Waals surface area contributed by atoms with Gasteiger partial charge >= 0.3 is 11.6 Å². The monoisotopic (exact) mass is 456 g/mol. The van der Waals surface area contributed by atoms with E-state index in [0.717, 1.165) is 24.4 Å². The molecule has 0 bridgehead atoms. The van der Waals surface area contributed by atoms with Crippen LogP contribution in [0.1, 0.15) is 16.6 Å². The molecule has 1 aromatic heterocycles. The molecule has 3 atom stereocenters. The van der Waals surface area contributed by atoms with Gasteiger partial charge in [-0.2, -0.15) is 13.8 Å². The van der Waals surface area contributed by atoms with Gasteiger partial charge in [0.1, 0.15) is 17.5 Å². The van der Waals surface area contributed by atoms with Crippen LogP contribution in [-0.4, -0.2) is 62.1 Å². The zero-order chi connectivity index (χ0) is 23.2. The Labute approximate surface area is 175 Å². The summed E-state index contributed by atoms with van der Waals surface area (Å²) in [5.41, 5.74) is -2.27. The van der Waals surface area contributed by atoms with E-state index in [4.69, 9.17) is 19.3 Å². The molecule has 1 fully saturated rings. The lowest BCUT2D eigenvalue weighted by atomic mass is 10.1. The van der Waals surface area contributed by atoms with E-state index < -0.39 is 58.7 Å². The number of anilines is 1. The van der Waals surface area contributed by atoms with Crippen molar-refractivity contribution < 1.29 is 42.9 Å². The molecular weight excluding hydrogens is 442 g/mol. The van der Waals surface area contributed by atoms with Crippen LogP contribution in [0.2, 0.25) is 0 Å². The molecule has 3 N–H and O–H groups in total. The van der Waals surface area contributed by atoms with Crippen LogP contribution in [0.3, 0.4) is 0 Å². The second kappa shape index (κ2) is 7.77. The molecular formula is C17H14F2N4O9. The first-order valence-electron chi connectivity index (χ1n) is 8.94. The Kier molecular flexibility index (Phi) is 5.23. The van der Waals surface area contributed by atoms with Crippen LogP contribution in [-0.2, 0) is 4.74 Å². The van der Waals surface area contributed by atoms with Crippen molar-refractivity contribution in [3.63, 3.8) is 0 Å². The van der Waals surface area contributed by atoms with Crippen LogP contribution in [0, 0.1) is 10.1 Å². The molecule has 2 aliphatic rings. The van der Waals surface area contributed by atoms with Crippen LogP contribution in [0.5, 0.6) is 11.5 Å². The summed E-state index contributed by atoms with van der Waals surface area (Å²) < 4.78 is 43.9. The van der Waals surface area contributed by atoms with Crippen molar-refractivity contribution in [3.05, 3.63) is 50.6 Å². The number of carbonyl (C=O) groups is 1. The first-order chi connectivity index (χ1) is 15.1. The Bertz CT molecular complexity index is 1160. The van der Waals surface area contributed by atoms with Crippen molar-refractivity contribution in [1.82, 2.24) is 9.55 Å². The van der Waals surface area contributed by atoms with Crippen molar-refractivity contribution in [2.75, 3.05) is 18.7 Å². The minimum Gasteiger partial charge on any atom is -0.454 e. The van der Waals surface area contributed by atoms with Gasteiger partial charge in [0.25, 0.3) is 11.6 Å². The molecule has 0 saturated carbocycles. The van der Waals surface area contributed by atoms with Gasteiger partial charge in [-0.3, -0.25) is 19.5 Å². The van der Waals surface area contributed by atoms with Crippen LogP contribution < -0.4 is 20.5 Å². The number of aliphatic hydroxyl groups excluding tert-OH is 2. The first kappa shape index (κ1) is 21.5. The van der Waals surface area contributed by atoms with Gasteiger partial charge in [-0.25, -0.2) is 4.79 Å². The molecule has 1 aromatic carbocycles. The Morgan fingerprint density at radius 3 is 2.66 bits per heavy atom. The highest BCUT2D eigenvalue weighted by atomic mass is 19.3. The summed E-state index contributed by atoms with van der Waals surface area (Å²) in [7, 11) is 0. The lowest BCUT2D eigenvalue weighted by molar-refractivity contribution is -0.385. The highest BCUT2D eigenvalue weighted by Crippen LogP contribution is 2.42. The average Bonchev–Trinajstić information content (AvgIpc) is 3.29. The van der Waals surface area contributed by atoms with E-state index >= 15 is 0 Å². The third kappa shape index (κ3) is 3.51. The number of hydrogen-bond donors (Lipinski definition) is 3. The maximum atomic E-state index is 14.2. The fourth-order valence-electron chi connectivity index (χ4n) is 3.23. The maximum Gasteiger partial charge on any atom is 0.351 e. The Morgan fingerprint density at radius 2 is 2.06 bits per heavy atom. The van der Waals surface area contributed by atoms with E-state index in [9.17, 15) is 33.6 Å². The van der Waals surface area contributed by atoms with E-state index in [1.165, 1.54) is 0 Å². The van der Waals surface area contributed by atoms with Gasteiger partial charge in [-0.1, -0.05) is 0 Å². The van der Waals surface area contributed by atoms with E-state index in [-0.39, 0.29) is 24.1 Å². The molecule has 3 heterocycles. The minimum atomic E-state index is -3.91. The summed E-state index contributed by atoms with van der Waals surface area (Å²) in [6.45, 7) is -1.09. The summed E-state index contributed by atoms with van der Waals surface area (Å²) in [5.74, 6) is -5.13. The van der Waals surface area contributed by atoms with Crippen LogP contribution in [0.25, 0.3) is 0 Å². The van der Waals surface area contributed by atoms with Gasteiger partial charge in [0.15, 0.2) is 17.6 Å². The van der Waals surface area contributed by atoms with Gasteiger partial charge in [-0.05, 0) is 6.07 Å². The number of aliphatic hydroxyl groups is 2. The summed E-state index contributed by atoms with van der Waals surface area (Å²) in [6, 6.07) is 3.07. The number of nitrogens with zero attached hydrogens (tertiary/aromatic N) is 3. The Balaban J connectivity index is 1.60. The molecule has 0 unspecified atom stereocenters. The second-order valence-corrected chi connectivity index (χ2v) is 6.77. The van der Waals surface area contributed by atoms with E-state index in [2.05, 4.69) is 10.3 Å². The number of nitro groups is 1. The van der Waals surface area contributed by atoms with Gasteiger partial charge < -0.3 is 29.7 Å². The second-order valence-electron chi connectivity index (χ2n) is 6.77. The summed E-state index contributed by atoms with van der Waals surface area (Å²) in [4.78, 5) is 38.8. The standard InChI is InChI=1S/C17H14F2N4O9/c18-17(19)13(25)11(5-24)32-15(17)22-2-1-12(21-16(22)27)20-14(26)7-3-9-10(31-6-30-9)4-8(7)23(28)29/h1-4,11,13,15,24-25H,5-6H2,(H,20,21,26,27)/t11-,13-,15-/m1/s1. The fourth-order valence-corrected chi connectivity index (χ4v) is 3.23. The average molecular weight is 456 g/mol. The number of carbonyl (C=O) groups excluding carboxylic acids is 1. The fraction of sp³-hybridized carbons (Fsp3) is 0.353. The summed E-state index contributed by atoms with van der Waals surface area (Å²) >= 11 is 0. The molecule has 170 valence electrons. The molecule has 32 heavy (non-hydrogen) atoms. The number of nitro benzene ring substituents is 1. The highest BCUT2D eigenvalue weighted by molar-refractivity contribution is 6.07. The van der Waals surface area contributed by atoms with Crippen LogP contribution in [0.4, 0.5) is 20.3 Å². The SMILES string of the molecule is O=C(Nc1ccn([C@@H]2O[C@H](CO)[C@@H](O)C2(F)F)c(=O)n1)c1cc2c(cc1[N+](=O)[O-])OCO2. The number of amides is 1. The zero-order valence-electron chi connectivity index (χ0n) is 15.8. The smallest absolute Gasteiger partial charge is 0.351 e. The van der Waals surface area contributed by atoms with Crippen molar-refractivity contribution in [2.24, 2.45) is 0 Å². The quantitative estimate of drug-likeness (QED) is 0.411. The molecule has 0 aliphatic carbocycles. The van der Waals surface area contributed by atoms with Gasteiger partial charge in [0.2, 0.25) is 13.0 Å². The number of benzene rings is 1. The predicted octanol–water partition coefficient (Wildman–Crippen LogP) is 0.0184. The van der Waals surface area contributed by atoms with Gasteiger partial charge in [0, 0.05) is 12.3 Å². The zero-order valence-corrected chi connectivity index (χ0v) is 15.8. The lowest BCUT2D eigenvalue weighted by Gasteiger charge is -2.21. The number of hydrogen-bond acceptors (Lipinski definition) is 10. The third-order valence-electron chi connectivity index (χ3n) is 4.82. The highest BCUT2D eigenvalue weighted by Gasteiger charge is 2.59. The molecule has 2 aliphatic heterocycles. The largest absolute Gasteiger partial charge is 0.454 e. The Morgan fingerprint density at radius 1 is 1.38 bits per heavy atom. The van der Waals surface area contributed by atoms with Crippen molar-refractivity contribution in [3.8, 4) is 11.5 Å². The first-order valence-corrected chi connectivity index (χ1v) is 8.94. The van der Waals surface area contributed by atoms with Crippen molar-refractivity contribution >= 4 is 17.4 Å². The summed E-state index contributed by atoms with van der Waals surface area (Å²) in [5, 5.41) is 32.1. The van der Waals surface area contributed by atoms with Crippen molar-refractivity contribution in [1.29, 1.82) is 0 Å². The molecule has 1 amide bonds. The Hall–Kier alpha value is -3.69. The molecule has 13 nitrogen and oxygen atoms in total. The number of rotatable bonds is 5. The number of alkyl halides is 2. The normalized spacial score (nSPS) is 23.2. The maximum absolute atomic E-state index is 14.2. The minimum absolute atomic E-state index is 0.0786. The van der Waals surface area contributed by atoms with E-state index in [1.54, 1.807) is 0 Å². The predicted molar refractivity (Wildman–Crippen MR) is 97.6 cm³/mol. The lowest BCUT2D eigenvalue weighted by Crippen LogP contribution is -2.41. The number of fused-ring (bicyclic) bond motifs is 1. The molecule has 0 radical (unpaired) electrons. The van der Waals surface area contributed by atoms with E-state index in [0.29, 0.717) is 4.57 Å². The van der Waals surface area contributed by atoms with Gasteiger partial charge in [0.05, 0.1) is 17.6 Å².